The maximum Gasteiger partial charge on any atom is 0.256 e. The second kappa shape index (κ2) is 6.54. The molecular formula is C18H18N2O4. The molecule has 0 saturated heterocycles. The Hall–Kier alpha value is -3.15. The lowest BCUT2D eigenvalue weighted by molar-refractivity contribution is 0.102. The van der Waals surface area contributed by atoms with Crippen LogP contribution in [0.15, 0.2) is 42.6 Å². The van der Waals surface area contributed by atoms with Gasteiger partial charge in [-0.3, -0.25) is 4.79 Å². The molecule has 2 N–H and O–H groups in total. The van der Waals surface area contributed by atoms with E-state index in [0.717, 1.165) is 10.9 Å². The molecule has 1 heterocycles. The predicted octanol–water partition coefficient (Wildman–Crippen LogP) is 3.45. The largest absolute Gasteiger partial charge is 0.493 e. The minimum atomic E-state index is -0.213. The van der Waals surface area contributed by atoms with Crippen LogP contribution in [0.5, 0.6) is 17.2 Å². The van der Waals surface area contributed by atoms with Gasteiger partial charge in [-0.15, -0.1) is 0 Å². The molecule has 1 aromatic heterocycles. The highest BCUT2D eigenvalue weighted by atomic mass is 16.5. The molecule has 0 fully saturated rings. The normalized spacial score (nSPS) is 10.5. The SMILES string of the molecule is COc1cc(NC(=O)c2cccc3[nH]ccc23)cc(OC)c1OC. The highest BCUT2D eigenvalue weighted by Gasteiger charge is 2.16. The van der Waals surface area contributed by atoms with Gasteiger partial charge in [0, 0.05) is 40.5 Å². The van der Waals surface area contributed by atoms with Gasteiger partial charge in [0.2, 0.25) is 5.75 Å². The van der Waals surface area contributed by atoms with E-state index in [-0.39, 0.29) is 5.91 Å². The Morgan fingerprint density at radius 1 is 1.00 bits per heavy atom. The molecule has 0 aliphatic rings. The third-order valence-electron chi connectivity index (χ3n) is 3.76. The van der Waals surface area contributed by atoms with Crippen LogP contribution in [0.4, 0.5) is 5.69 Å². The number of anilines is 1. The molecule has 1 amide bonds. The van der Waals surface area contributed by atoms with Gasteiger partial charge < -0.3 is 24.5 Å². The first-order chi connectivity index (χ1) is 11.7. The molecule has 0 aliphatic carbocycles. The molecule has 0 unspecified atom stereocenters. The van der Waals surface area contributed by atoms with E-state index in [0.29, 0.717) is 28.5 Å². The number of benzene rings is 2. The van der Waals surface area contributed by atoms with Crippen molar-refractivity contribution in [2.75, 3.05) is 26.6 Å². The first-order valence-corrected chi connectivity index (χ1v) is 7.35. The van der Waals surface area contributed by atoms with Crippen LogP contribution in [-0.4, -0.2) is 32.2 Å². The van der Waals surface area contributed by atoms with Crippen LogP contribution in [0, 0.1) is 0 Å². The van der Waals surface area contributed by atoms with E-state index in [9.17, 15) is 4.79 Å². The van der Waals surface area contributed by atoms with Crippen molar-refractivity contribution in [3.63, 3.8) is 0 Å². The topological polar surface area (TPSA) is 72.6 Å². The molecule has 24 heavy (non-hydrogen) atoms. The number of rotatable bonds is 5. The highest BCUT2D eigenvalue weighted by molar-refractivity contribution is 6.12. The number of H-pyrrole nitrogens is 1. The number of nitrogens with one attached hydrogen (secondary N) is 2. The fourth-order valence-corrected chi connectivity index (χ4v) is 2.64. The fourth-order valence-electron chi connectivity index (χ4n) is 2.64. The summed E-state index contributed by atoms with van der Waals surface area (Å²) in [6, 6.07) is 10.8. The molecule has 0 radical (unpaired) electrons. The van der Waals surface area contributed by atoms with Crippen LogP contribution in [0.1, 0.15) is 10.4 Å². The summed E-state index contributed by atoms with van der Waals surface area (Å²) in [5.41, 5.74) is 2.05. The minimum Gasteiger partial charge on any atom is -0.493 e. The van der Waals surface area contributed by atoms with Crippen molar-refractivity contribution >= 4 is 22.5 Å². The van der Waals surface area contributed by atoms with Gasteiger partial charge >= 0.3 is 0 Å². The van der Waals surface area contributed by atoms with Crippen molar-refractivity contribution in [1.82, 2.24) is 4.98 Å². The zero-order valence-corrected chi connectivity index (χ0v) is 13.7. The summed E-state index contributed by atoms with van der Waals surface area (Å²) in [6.45, 7) is 0. The second-order valence-corrected chi connectivity index (χ2v) is 5.11. The fraction of sp³-hybridized carbons (Fsp3) is 0.167. The number of ether oxygens (including phenoxy) is 3. The Bertz CT molecular complexity index is 861. The number of amides is 1. The van der Waals surface area contributed by atoms with Crippen molar-refractivity contribution in [3.8, 4) is 17.2 Å². The Morgan fingerprint density at radius 3 is 2.33 bits per heavy atom. The van der Waals surface area contributed by atoms with Crippen molar-refractivity contribution in [2.24, 2.45) is 0 Å². The first kappa shape index (κ1) is 15.7. The van der Waals surface area contributed by atoms with E-state index in [1.807, 2.05) is 18.2 Å². The maximum atomic E-state index is 12.6. The molecule has 3 rings (SSSR count). The van der Waals surface area contributed by atoms with Crippen LogP contribution < -0.4 is 19.5 Å². The van der Waals surface area contributed by atoms with Gasteiger partial charge in [0.15, 0.2) is 11.5 Å². The number of hydrogen-bond donors (Lipinski definition) is 2. The summed E-state index contributed by atoms with van der Waals surface area (Å²) >= 11 is 0. The second-order valence-electron chi connectivity index (χ2n) is 5.11. The van der Waals surface area contributed by atoms with E-state index in [2.05, 4.69) is 10.3 Å². The third-order valence-corrected chi connectivity index (χ3v) is 3.76. The molecule has 6 heteroatoms. The minimum absolute atomic E-state index is 0.213. The van der Waals surface area contributed by atoms with Crippen LogP contribution in [-0.2, 0) is 0 Å². The standard InChI is InChI=1S/C18H18N2O4/c1-22-15-9-11(10-16(23-2)17(15)24-3)20-18(21)13-5-4-6-14-12(13)7-8-19-14/h4-10,19H,1-3H3,(H,20,21). The van der Waals surface area contributed by atoms with Crippen molar-refractivity contribution in [1.29, 1.82) is 0 Å². The van der Waals surface area contributed by atoms with Gasteiger partial charge in [-0.25, -0.2) is 0 Å². The molecule has 6 nitrogen and oxygen atoms in total. The Balaban J connectivity index is 1.96. The van der Waals surface area contributed by atoms with Crippen LogP contribution >= 0.6 is 0 Å². The number of carbonyl (C=O) groups excluding carboxylic acids is 1. The lowest BCUT2D eigenvalue weighted by Gasteiger charge is -2.14. The summed E-state index contributed by atoms with van der Waals surface area (Å²) in [5.74, 6) is 1.22. The van der Waals surface area contributed by atoms with Crippen LogP contribution in [0.2, 0.25) is 0 Å². The zero-order valence-electron chi connectivity index (χ0n) is 13.7. The van der Waals surface area contributed by atoms with Gasteiger partial charge in [0.05, 0.1) is 21.3 Å². The predicted molar refractivity (Wildman–Crippen MR) is 92.3 cm³/mol. The molecule has 0 spiro atoms. The zero-order chi connectivity index (χ0) is 17.1. The Morgan fingerprint density at radius 2 is 1.71 bits per heavy atom. The molecular weight excluding hydrogens is 308 g/mol. The highest BCUT2D eigenvalue weighted by Crippen LogP contribution is 2.40. The summed E-state index contributed by atoms with van der Waals surface area (Å²) in [5, 5.41) is 3.74. The van der Waals surface area contributed by atoms with Gasteiger partial charge in [0.1, 0.15) is 0 Å². The molecule has 0 aliphatic heterocycles. The molecule has 0 bridgehead atoms. The number of hydrogen-bond acceptors (Lipinski definition) is 4. The molecule has 0 atom stereocenters. The average molecular weight is 326 g/mol. The van der Waals surface area contributed by atoms with Crippen LogP contribution in [0.25, 0.3) is 10.9 Å². The van der Waals surface area contributed by atoms with Gasteiger partial charge in [-0.2, -0.15) is 0 Å². The number of aromatic amines is 1. The van der Waals surface area contributed by atoms with Gasteiger partial charge in [-0.1, -0.05) is 6.07 Å². The van der Waals surface area contributed by atoms with Gasteiger partial charge in [-0.05, 0) is 18.2 Å². The monoisotopic (exact) mass is 326 g/mol. The smallest absolute Gasteiger partial charge is 0.256 e. The summed E-state index contributed by atoms with van der Waals surface area (Å²) in [4.78, 5) is 15.7. The Labute approximate surface area is 139 Å². The first-order valence-electron chi connectivity index (χ1n) is 7.35. The van der Waals surface area contributed by atoms with Crippen LogP contribution in [0.3, 0.4) is 0 Å². The number of fused-ring (bicyclic) bond motifs is 1. The lowest BCUT2D eigenvalue weighted by Crippen LogP contribution is -2.12. The Kier molecular flexibility index (Phi) is 4.29. The molecule has 0 saturated carbocycles. The van der Waals surface area contributed by atoms with Gasteiger partial charge in [0.25, 0.3) is 5.91 Å². The van der Waals surface area contributed by atoms with Crippen molar-refractivity contribution < 1.29 is 19.0 Å². The molecule has 2 aromatic carbocycles. The van der Waals surface area contributed by atoms with E-state index in [4.69, 9.17) is 14.2 Å². The van der Waals surface area contributed by atoms with Crippen molar-refractivity contribution in [2.45, 2.75) is 0 Å². The lowest BCUT2D eigenvalue weighted by atomic mass is 10.1. The summed E-state index contributed by atoms with van der Waals surface area (Å²) in [7, 11) is 4.60. The maximum absolute atomic E-state index is 12.6. The number of methoxy groups -OCH3 is 3. The van der Waals surface area contributed by atoms with E-state index in [1.54, 1.807) is 24.4 Å². The number of aromatic nitrogens is 1. The summed E-state index contributed by atoms with van der Waals surface area (Å²) < 4.78 is 15.9. The van der Waals surface area contributed by atoms with E-state index >= 15 is 0 Å². The quantitative estimate of drug-likeness (QED) is 0.753. The number of carbonyl (C=O) groups is 1. The summed E-state index contributed by atoms with van der Waals surface area (Å²) in [6.07, 6.45) is 1.81. The average Bonchev–Trinajstić information content (AvgIpc) is 3.09. The van der Waals surface area contributed by atoms with E-state index in [1.165, 1.54) is 21.3 Å². The van der Waals surface area contributed by atoms with Crippen molar-refractivity contribution in [3.05, 3.63) is 48.2 Å². The van der Waals surface area contributed by atoms with E-state index < -0.39 is 0 Å². The molecule has 124 valence electrons. The third kappa shape index (κ3) is 2.74. The molecule has 3 aromatic rings.